The van der Waals surface area contributed by atoms with Gasteiger partial charge in [-0.25, -0.2) is 0 Å². The molecule has 5 rings (SSSR count). The second kappa shape index (κ2) is 8.11. The van der Waals surface area contributed by atoms with E-state index in [4.69, 9.17) is 28.4 Å². The number of hydrogen-bond acceptors (Lipinski definition) is 8. The molecule has 8 atom stereocenters. The summed E-state index contributed by atoms with van der Waals surface area (Å²) in [6.07, 6.45) is -2.09. The van der Waals surface area contributed by atoms with Crippen LogP contribution in [0.2, 0.25) is 0 Å². The van der Waals surface area contributed by atoms with E-state index in [1.54, 1.807) is 13.8 Å². The second-order valence-corrected chi connectivity index (χ2v) is 9.88. The topological polar surface area (TPSA) is 96.1 Å². The van der Waals surface area contributed by atoms with Gasteiger partial charge in [0.2, 0.25) is 0 Å². The minimum absolute atomic E-state index is 0.155. The molecule has 1 amide bonds. The first kappa shape index (κ1) is 22.9. The van der Waals surface area contributed by atoms with Crippen molar-refractivity contribution in [3.8, 4) is 0 Å². The molecule has 0 radical (unpaired) electrons. The Bertz CT molecular complexity index is 905. The Morgan fingerprint density at radius 1 is 1.06 bits per heavy atom. The highest BCUT2D eigenvalue weighted by atomic mass is 16.8. The van der Waals surface area contributed by atoms with Gasteiger partial charge in [-0.15, -0.1) is 0 Å². The summed E-state index contributed by atoms with van der Waals surface area (Å²) in [6.45, 7) is 7.52. The van der Waals surface area contributed by atoms with Gasteiger partial charge in [0.25, 0.3) is 5.91 Å². The normalized spacial score (nSPS) is 39.8. The SMILES string of the molecule is CO[C@H]1C(=O)N([C@H](C=O)[C@H]2OC(C)(C)O[C@H]2[C@H]2COC(C)(C)O2)[C@H]1[C@@H]1OC1c1ccccc1. The minimum Gasteiger partial charge on any atom is -0.369 e. The van der Waals surface area contributed by atoms with Crippen LogP contribution in [-0.2, 0) is 38.0 Å². The Hall–Kier alpha value is -1.88. The summed E-state index contributed by atoms with van der Waals surface area (Å²) in [5.74, 6) is -1.97. The van der Waals surface area contributed by atoms with Gasteiger partial charge in [0.1, 0.15) is 42.8 Å². The lowest BCUT2D eigenvalue weighted by atomic mass is 9.87. The van der Waals surface area contributed by atoms with E-state index >= 15 is 0 Å². The van der Waals surface area contributed by atoms with Gasteiger partial charge in [0.05, 0.1) is 12.6 Å². The van der Waals surface area contributed by atoms with Gasteiger partial charge in [-0.2, -0.15) is 0 Å². The molecule has 0 saturated carbocycles. The molecule has 4 saturated heterocycles. The summed E-state index contributed by atoms with van der Waals surface area (Å²) in [5.41, 5.74) is 1.03. The summed E-state index contributed by atoms with van der Waals surface area (Å²) < 4.78 is 35.5. The molecule has 0 bridgehead atoms. The fourth-order valence-electron chi connectivity index (χ4n) is 5.26. The smallest absolute Gasteiger partial charge is 0.255 e. The van der Waals surface area contributed by atoms with Gasteiger partial charge >= 0.3 is 0 Å². The number of ether oxygens (including phenoxy) is 6. The first-order valence-corrected chi connectivity index (χ1v) is 11.3. The molecule has 4 aliphatic rings. The van der Waals surface area contributed by atoms with Crippen LogP contribution >= 0.6 is 0 Å². The maximum absolute atomic E-state index is 13.1. The predicted molar refractivity (Wildman–Crippen MR) is 114 cm³/mol. The van der Waals surface area contributed by atoms with Crippen LogP contribution in [0.3, 0.4) is 0 Å². The van der Waals surface area contributed by atoms with E-state index in [0.29, 0.717) is 6.61 Å². The lowest BCUT2D eigenvalue weighted by Gasteiger charge is -2.49. The number of amides is 1. The molecule has 0 aromatic heterocycles. The van der Waals surface area contributed by atoms with E-state index in [-0.39, 0.29) is 18.1 Å². The van der Waals surface area contributed by atoms with E-state index < -0.39 is 48.1 Å². The number of methoxy groups -OCH3 is 1. The summed E-state index contributed by atoms with van der Waals surface area (Å²) in [4.78, 5) is 27.0. The highest BCUT2D eigenvalue weighted by Crippen LogP contribution is 2.48. The van der Waals surface area contributed by atoms with Crippen LogP contribution in [0.15, 0.2) is 30.3 Å². The zero-order valence-electron chi connectivity index (χ0n) is 19.5. The van der Waals surface area contributed by atoms with Crippen molar-refractivity contribution < 1.29 is 38.0 Å². The molecule has 0 aliphatic carbocycles. The van der Waals surface area contributed by atoms with Crippen LogP contribution in [0, 0.1) is 0 Å². The van der Waals surface area contributed by atoms with Gasteiger partial charge in [-0.1, -0.05) is 30.3 Å². The summed E-state index contributed by atoms with van der Waals surface area (Å²) in [7, 11) is 1.50. The summed E-state index contributed by atoms with van der Waals surface area (Å²) in [5, 5.41) is 0. The van der Waals surface area contributed by atoms with E-state index in [1.165, 1.54) is 12.0 Å². The van der Waals surface area contributed by atoms with Gasteiger partial charge in [-0.3, -0.25) is 4.79 Å². The number of epoxide rings is 1. The fraction of sp³-hybridized carbons (Fsp3) is 0.667. The maximum Gasteiger partial charge on any atom is 0.255 e. The molecule has 0 spiro atoms. The average Bonchev–Trinajstić information content (AvgIpc) is 3.37. The molecule has 1 unspecified atom stereocenters. The zero-order valence-corrected chi connectivity index (χ0v) is 19.5. The maximum atomic E-state index is 13.1. The number of aldehydes is 1. The molecule has 1 aromatic rings. The number of rotatable bonds is 7. The van der Waals surface area contributed by atoms with Crippen molar-refractivity contribution in [2.24, 2.45) is 0 Å². The molecular formula is C24H31NO8. The zero-order chi connectivity index (χ0) is 23.5. The van der Waals surface area contributed by atoms with Gasteiger partial charge in [0.15, 0.2) is 17.7 Å². The van der Waals surface area contributed by atoms with E-state index in [9.17, 15) is 9.59 Å². The number of carbonyl (C=O) groups excluding carboxylic acids is 2. The molecule has 180 valence electrons. The third kappa shape index (κ3) is 4.00. The molecule has 4 aliphatic heterocycles. The highest BCUT2D eigenvalue weighted by molar-refractivity contribution is 5.91. The molecule has 4 fully saturated rings. The van der Waals surface area contributed by atoms with Crippen LogP contribution in [0.25, 0.3) is 0 Å². The minimum atomic E-state index is -0.945. The predicted octanol–water partition coefficient (Wildman–Crippen LogP) is 1.59. The van der Waals surface area contributed by atoms with Crippen LogP contribution in [0.5, 0.6) is 0 Å². The van der Waals surface area contributed by atoms with E-state index in [1.807, 2.05) is 44.2 Å². The van der Waals surface area contributed by atoms with Gasteiger partial charge in [-0.05, 0) is 33.3 Å². The Labute approximate surface area is 193 Å². The lowest BCUT2D eigenvalue weighted by molar-refractivity contribution is -0.188. The molecular weight excluding hydrogens is 430 g/mol. The standard InChI is InChI=1S/C24H31NO8/c1-23(2)29-12-15(31-23)19-18(32-24(3,4)33-19)14(11-26)25-16(21(28-5)22(25)27)20-17(30-20)13-9-7-6-8-10-13/h6-11,14-21H,12H2,1-5H3/t14-,15-,16+,17?,18-,19+,20+,21-/m1/s1. The van der Waals surface area contributed by atoms with E-state index in [2.05, 4.69) is 0 Å². The fourth-order valence-corrected chi connectivity index (χ4v) is 5.26. The molecule has 4 heterocycles. The number of benzene rings is 1. The number of likely N-dealkylation sites (tertiary alicyclic amines) is 1. The lowest BCUT2D eigenvalue weighted by Crippen LogP contribution is -2.73. The highest BCUT2D eigenvalue weighted by Gasteiger charge is 2.65. The Balaban J connectivity index is 1.39. The number of β-lactam (4-membered cyclic amide) rings is 1. The van der Waals surface area contributed by atoms with Crippen molar-refractivity contribution in [3.05, 3.63) is 35.9 Å². The van der Waals surface area contributed by atoms with Crippen molar-refractivity contribution in [2.45, 2.75) is 88.0 Å². The first-order valence-electron chi connectivity index (χ1n) is 11.3. The van der Waals surface area contributed by atoms with Crippen LogP contribution in [0.4, 0.5) is 0 Å². The third-order valence-electron chi connectivity index (χ3n) is 6.73. The second-order valence-electron chi connectivity index (χ2n) is 9.88. The quantitative estimate of drug-likeness (QED) is 0.343. The average molecular weight is 462 g/mol. The molecule has 9 nitrogen and oxygen atoms in total. The Morgan fingerprint density at radius 2 is 1.79 bits per heavy atom. The first-order chi connectivity index (χ1) is 15.7. The van der Waals surface area contributed by atoms with Gasteiger partial charge < -0.3 is 38.1 Å². The van der Waals surface area contributed by atoms with Crippen LogP contribution in [0.1, 0.15) is 39.4 Å². The van der Waals surface area contributed by atoms with Crippen molar-refractivity contribution in [3.63, 3.8) is 0 Å². The van der Waals surface area contributed by atoms with Crippen molar-refractivity contribution in [1.82, 2.24) is 4.90 Å². The number of carbonyl (C=O) groups is 2. The molecule has 33 heavy (non-hydrogen) atoms. The third-order valence-corrected chi connectivity index (χ3v) is 6.73. The Kier molecular flexibility index (Phi) is 5.63. The monoisotopic (exact) mass is 461 g/mol. The molecule has 0 N–H and O–H groups in total. The van der Waals surface area contributed by atoms with E-state index in [0.717, 1.165) is 11.8 Å². The summed E-state index contributed by atoms with van der Waals surface area (Å²) in [6, 6.07) is 8.51. The van der Waals surface area contributed by atoms with Crippen LogP contribution < -0.4 is 0 Å². The largest absolute Gasteiger partial charge is 0.369 e. The molecule has 9 heteroatoms. The molecule has 1 aromatic carbocycles. The number of hydrogen-bond donors (Lipinski definition) is 0. The van der Waals surface area contributed by atoms with Crippen molar-refractivity contribution in [1.29, 1.82) is 0 Å². The Morgan fingerprint density at radius 3 is 2.39 bits per heavy atom. The summed E-state index contributed by atoms with van der Waals surface area (Å²) >= 11 is 0. The van der Waals surface area contributed by atoms with Crippen molar-refractivity contribution in [2.75, 3.05) is 13.7 Å². The van der Waals surface area contributed by atoms with Gasteiger partial charge in [0, 0.05) is 7.11 Å². The number of nitrogens with zero attached hydrogens (tertiary/aromatic N) is 1. The van der Waals surface area contributed by atoms with Crippen molar-refractivity contribution >= 4 is 12.2 Å². The van der Waals surface area contributed by atoms with Crippen LogP contribution in [-0.4, -0.2) is 85.0 Å².